The number of nitrogens with zero attached hydrogens (tertiary/aromatic N) is 3. The van der Waals surface area contributed by atoms with Gasteiger partial charge in [-0.25, -0.2) is 4.98 Å². The van der Waals surface area contributed by atoms with E-state index >= 15 is 0 Å². The van der Waals surface area contributed by atoms with Crippen molar-refractivity contribution >= 4 is 0 Å². The summed E-state index contributed by atoms with van der Waals surface area (Å²) in [6.45, 7) is 6.29. The average Bonchev–Trinajstić information content (AvgIpc) is 2.95. The molecule has 2 atom stereocenters. The Morgan fingerprint density at radius 1 is 1.25 bits per heavy atom. The van der Waals surface area contributed by atoms with Crippen LogP contribution in [0.4, 0.5) is 0 Å². The van der Waals surface area contributed by atoms with Crippen molar-refractivity contribution in [3.63, 3.8) is 0 Å². The minimum Gasteiger partial charge on any atom is -0.333 e. The van der Waals surface area contributed by atoms with Crippen molar-refractivity contribution in [2.24, 2.45) is 11.7 Å². The lowest BCUT2D eigenvalue weighted by Gasteiger charge is -2.31. The number of hydrogen-bond donors (Lipinski definition) is 1. The zero-order chi connectivity index (χ0) is 13.9. The summed E-state index contributed by atoms with van der Waals surface area (Å²) >= 11 is 0. The average molecular weight is 270 g/mol. The van der Waals surface area contributed by atoms with Crippen LogP contribution >= 0.6 is 0 Å². The second-order valence-corrected chi connectivity index (χ2v) is 5.69. The lowest BCUT2D eigenvalue weighted by atomic mass is 9.95. The molecule has 1 aromatic carbocycles. The fourth-order valence-electron chi connectivity index (χ4n) is 2.90. The molecule has 2 heterocycles. The SMILES string of the molecule is CC(CN1CCn2ccnc2C1)C(N)c1ccccc1. The summed E-state index contributed by atoms with van der Waals surface area (Å²) < 4.78 is 2.23. The van der Waals surface area contributed by atoms with Crippen LogP contribution in [-0.4, -0.2) is 27.5 Å². The molecule has 2 unspecified atom stereocenters. The third-order valence-corrected chi connectivity index (χ3v) is 4.17. The Kier molecular flexibility index (Phi) is 3.85. The fourth-order valence-corrected chi connectivity index (χ4v) is 2.90. The quantitative estimate of drug-likeness (QED) is 0.925. The van der Waals surface area contributed by atoms with Crippen molar-refractivity contribution in [2.75, 3.05) is 13.1 Å². The summed E-state index contributed by atoms with van der Waals surface area (Å²) in [5.41, 5.74) is 7.60. The number of benzene rings is 1. The summed E-state index contributed by atoms with van der Waals surface area (Å²) in [7, 11) is 0. The second-order valence-electron chi connectivity index (χ2n) is 5.69. The molecule has 0 fully saturated rings. The smallest absolute Gasteiger partial charge is 0.122 e. The van der Waals surface area contributed by atoms with E-state index in [1.54, 1.807) is 0 Å². The predicted molar refractivity (Wildman–Crippen MR) is 80.0 cm³/mol. The van der Waals surface area contributed by atoms with Crippen molar-refractivity contribution in [1.82, 2.24) is 14.5 Å². The summed E-state index contributed by atoms with van der Waals surface area (Å²) in [4.78, 5) is 6.86. The predicted octanol–water partition coefficient (Wildman–Crippen LogP) is 2.03. The van der Waals surface area contributed by atoms with Crippen LogP contribution in [0, 0.1) is 5.92 Å². The molecule has 1 aromatic heterocycles. The zero-order valence-corrected chi connectivity index (χ0v) is 11.9. The molecule has 0 aliphatic carbocycles. The number of fused-ring (bicyclic) bond motifs is 1. The highest BCUT2D eigenvalue weighted by Gasteiger charge is 2.21. The minimum atomic E-state index is 0.0953. The van der Waals surface area contributed by atoms with Gasteiger partial charge in [0.2, 0.25) is 0 Å². The Bertz CT molecular complexity index is 549. The van der Waals surface area contributed by atoms with Crippen molar-refractivity contribution in [3.8, 4) is 0 Å². The maximum atomic E-state index is 6.38. The lowest BCUT2D eigenvalue weighted by Crippen LogP contribution is -2.38. The molecule has 20 heavy (non-hydrogen) atoms. The molecule has 2 aromatic rings. The first kappa shape index (κ1) is 13.3. The summed E-state index contributed by atoms with van der Waals surface area (Å²) in [5, 5.41) is 0. The molecule has 106 valence electrons. The normalized spacial score (nSPS) is 18.5. The van der Waals surface area contributed by atoms with E-state index in [9.17, 15) is 0 Å². The molecule has 0 radical (unpaired) electrons. The number of rotatable bonds is 4. The lowest BCUT2D eigenvalue weighted by molar-refractivity contribution is 0.179. The molecule has 1 aliphatic heterocycles. The van der Waals surface area contributed by atoms with Gasteiger partial charge in [0.1, 0.15) is 5.82 Å². The van der Waals surface area contributed by atoms with Crippen LogP contribution in [0.2, 0.25) is 0 Å². The Hall–Kier alpha value is -1.65. The van der Waals surface area contributed by atoms with Gasteiger partial charge in [0.25, 0.3) is 0 Å². The number of nitrogens with two attached hydrogens (primary N) is 1. The Labute approximate surface area is 120 Å². The Balaban J connectivity index is 1.61. The van der Waals surface area contributed by atoms with Gasteiger partial charge in [-0.05, 0) is 11.5 Å². The molecule has 2 N–H and O–H groups in total. The van der Waals surface area contributed by atoms with E-state index in [0.29, 0.717) is 5.92 Å². The first-order valence-corrected chi connectivity index (χ1v) is 7.27. The number of hydrogen-bond acceptors (Lipinski definition) is 3. The van der Waals surface area contributed by atoms with Crippen molar-refractivity contribution in [3.05, 3.63) is 54.1 Å². The monoisotopic (exact) mass is 270 g/mol. The van der Waals surface area contributed by atoms with E-state index < -0.39 is 0 Å². The van der Waals surface area contributed by atoms with E-state index in [4.69, 9.17) is 5.73 Å². The minimum absolute atomic E-state index is 0.0953. The first-order valence-electron chi connectivity index (χ1n) is 7.27. The van der Waals surface area contributed by atoms with Crippen LogP contribution in [-0.2, 0) is 13.1 Å². The molecular weight excluding hydrogens is 248 g/mol. The fraction of sp³-hybridized carbons (Fsp3) is 0.438. The Morgan fingerprint density at radius 3 is 2.85 bits per heavy atom. The van der Waals surface area contributed by atoms with Crippen molar-refractivity contribution < 1.29 is 0 Å². The summed E-state index contributed by atoms with van der Waals surface area (Å²) in [6.07, 6.45) is 3.95. The maximum Gasteiger partial charge on any atom is 0.122 e. The first-order chi connectivity index (χ1) is 9.74. The molecule has 0 bridgehead atoms. The molecule has 4 nitrogen and oxygen atoms in total. The molecule has 3 rings (SSSR count). The third-order valence-electron chi connectivity index (χ3n) is 4.17. The van der Waals surface area contributed by atoms with Gasteiger partial charge in [-0.2, -0.15) is 0 Å². The molecular formula is C16H22N4. The van der Waals surface area contributed by atoms with Crippen LogP contribution in [0.5, 0.6) is 0 Å². The molecule has 0 amide bonds. The Morgan fingerprint density at radius 2 is 2.05 bits per heavy atom. The highest BCUT2D eigenvalue weighted by atomic mass is 15.2. The topological polar surface area (TPSA) is 47.1 Å². The van der Waals surface area contributed by atoms with E-state index in [1.807, 2.05) is 12.3 Å². The largest absolute Gasteiger partial charge is 0.333 e. The van der Waals surface area contributed by atoms with E-state index in [-0.39, 0.29) is 6.04 Å². The highest BCUT2D eigenvalue weighted by Crippen LogP contribution is 2.21. The van der Waals surface area contributed by atoms with Crippen molar-refractivity contribution in [2.45, 2.75) is 26.1 Å². The molecule has 4 heteroatoms. The van der Waals surface area contributed by atoms with Gasteiger partial charge in [-0.1, -0.05) is 37.3 Å². The summed E-state index contributed by atoms with van der Waals surface area (Å²) in [5.74, 6) is 1.59. The highest BCUT2D eigenvalue weighted by molar-refractivity contribution is 5.19. The van der Waals surface area contributed by atoms with Crippen LogP contribution in [0.25, 0.3) is 0 Å². The van der Waals surface area contributed by atoms with Gasteiger partial charge in [-0.15, -0.1) is 0 Å². The van der Waals surface area contributed by atoms with Gasteiger partial charge >= 0.3 is 0 Å². The number of imidazole rings is 1. The van der Waals surface area contributed by atoms with Gasteiger partial charge in [0.05, 0.1) is 6.54 Å². The van der Waals surface area contributed by atoms with Crippen LogP contribution < -0.4 is 5.73 Å². The van der Waals surface area contributed by atoms with Crippen LogP contribution in [0.3, 0.4) is 0 Å². The molecule has 1 aliphatic rings. The molecule has 0 spiro atoms. The van der Waals surface area contributed by atoms with Gasteiger partial charge in [-0.3, -0.25) is 4.90 Å². The van der Waals surface area contributed by atoms with Crippen LogP contribution in [0.15, 0.2) is 42.7 Å². The number of aromatic nitrogens is 2. The van der Waals surface area contributed by atoms with E-state index in [1.165, 1.54) is 5.56 Å². The third kappa shape index (κ3) is 2.76. The van der Waals surface area contributed by atoms with E-state index in [0.717, 1.165) is 32.0 Å². The summed E-state index contributed by atoms with van der Waals surface area (Å²) in [6, 6.07) is 10.5. The molecule has 0 saturated carbocycles. The van der Waals surface area contributed by atoms with Crippen LogP contribution in [0.1, 0.15) is 24.4 Å². The van der Waals surface area contributed by atoms with Gasteiger partial charge in [0.15, 0.2) is 0 Å². The molecule has 0 saturated heterocycles. The van der Waals surface area contributed by atoms with E-state index in [2.05, 4.69) is 51.8 Å². The van der Waals surface area contributed by atoms with Gasteiger partial charge < -0.3 is 10.3 Å². The second kappa shape index (κ2) is 5.77. The maximum absolute atomic E-state index is 6.38. The standard InChI is InChI=1S/C16H22N4/c1-13(16(17)14-5-3-2-4-6-14)11-19-9-10-20-8-7-18-15(20)12-19/h2-8,13,16H,9-12,17H2,1H3. The van der Waals surface area contributed by atoms with Crippen molar-refractivity contribution in [1.29, 1.82) is 0 Å². The van der Waals surface area contributed by atoms with Gasteiger partial charge in [0, 0.05) is 38.1 Å². The zero-order valence-electron chi connectivity index (χ0n) is 11.9.